The number of hydrogen-bond acceptors (Lipinski definition) is 3. The van der Waals surface area contributed by atoms with E-state index in [4.69, 9.17) is 5.11 Å². The SMILES string of the molecule is O=C(/C=C/c1ccc(OC(F)F)cc1)NCC1(CO)CC1. The van der Waals surface area contributed by atoms with E-state index in [-0.39, 0.29) is 23.7 Å². The molecule has 0 saturated heterocycles. The minimum atomic E-state index is -2.85. The Balaban J connectivity index is 1.81. The number of aliphatic hydroxyl groups excluding tert-OH is 1. The summed E-state index contributed by atoms with van der Waals surface area (Å²) in [6.45, 7) is -2.30. The molecule has 2 N–H and O–H groups in total. The van der Waals surface area contributed by atoms with Gasteiger partial charge in [-0.15, -0.1) is 0 Å². The summed E-state index contributed by atoms with van der Waals surface area (Å²) in [6, 6.07) is 5.98. The Morgan fingerprint density at radius 3 is 2.57 bits per heavy atom. The van der Waals surface area contributed by atoms with E-state index in [2.05, 4.69) is 10.1 Å². The molecule has 0 spiro atoms. The highest BCUT2D eigenvalue weighted by Gasteiger charge is 2.41. The lowest BCUT2D eigenvalue weighted by atomic mass is 10.1. The molecular weight excluding hydrogens is 280 g/mol. The van der Waals surface area contributed by atoms with Crippen LogP contribution in [0, 0.1) is 5.41 Å². The lowest BCUT2D eigenvalue weighted by Gasteiger charge is -2.11. The summed E-state index contributed by atoms with van der Waals surface area (Å²) in [7, 11) is 0. The van der Waals surface area contributed by atoms with Crippen LogP contribution in [0.25, 0.3) is 6.08 Å². The van der Waals surface area contributed by atoms with Gasteiger partial charge in [-0.3, -0.25) is 4.79 Å². The third-order valence-electron chi connectivity index (χ3n) is 3.46. The molecule has 1 aromatic rings. The summed E-state index contributed by atoms with van der Waals surface area (Å²) in [5, 5.41) is 11.9. The monoisotopic (exact) mass is 297 g/mol. The maximum Gasteiger partial charge on any atom is 0.387 e. The summed E-state index contributed by atoms with van der Waals surface area (Å²) in [5.41, 5.74) is 0.577. The van der Waals surface area contributed by atoms with Crippen LogP contribution >= 0.6 is 0 Å². The van der Waals surface area contributed by atoms with E-state index in [0.717, 1.165) is 12.8 Å². The molecule has 1 fully saturated rings. The van der Waals surface area contributed by atoms with Crippen molar-refractivity contribution in [3.8, 4) is 5.75 Å². The van der Waals surface area contributed by atoms with Gasteiger partial charge < -0.3 is 15.2 Å². The largest absolute Gasteiger partial charge is 0.435 e. The smallest absolute Gasteiger partial charge is 0.387 e. The van der Waals surface area contributed by atoms with Crippen molar-refractivity contribution >= 4 is 12.0 Å². The van der Waals surface area contributed by atoms with Gasteiger partial charge in [0.25, 0.3) is 0 Å². The minimum absolute atomic E-state index is 0.0743. The number of hydrogen-bond donors (Lipinski definition) is 2. The van der Waals surface area contributed by atoms with Crippen LogP contribution in [0.5, 0.6) is 5.75 Å². The van der Waals surface area contributed by atoms with E-state index >= 15 is 0 Å². The summed E-state index contributed by atoms with van der Waals surface area (Å²) in [5.74, 6) is -0.173. The molecule has 0 radical (unpaired) electrons. The highest BCUT2D eigenvalue weighted by molar-refractivity contribution is 5.91. The quantitative estimate of drug-likeness (QED) is 0.759. The van der Waals surface area contributed by atoms with Crippen molar-refractivity contribution in [2.24, 2.45) is 5.41 Å². The maximum atomic E-state index is 12.0. The fourth-order valence-corrected chi connectivity index (χ4v) is 1.83. The molecule has 114 valence electrons. The average molecular weight is 297 g/mol. The van der Waals surface area contributed by atoms with Crippen LogP contribution < -0.4 is 10.1 Å². The Morgan fingerprint density at radius 2 is 2.05 bits per heavy atom. The van der Waals surface area contributed by atoms with Gasteiger partial charge in [0.2, 0.25) is 5.91 Å². The van der Waals surface area contributed by atoms with Crippen molar-refractivity contribution in [2.45, 2.75) is 19.5 Å². The van der Waals surface area contributed by atoms with Gasteiger partial charge >= 0.3 is 6.61 Å². The van der Waals surface area contributed by atoms with Gasteiger partial charge in [0.05, 0.1) is 6.61 Å². The number of aliphatic hydroxyl groups is 1. The molecule has 21 heavy (non-hydrogen) atoms. The lowest BCUT2D eigenvalue weighted by Crippen LogP contribution is -2.30. The number of rotatable bonds is 7. The topological polar surface area (TPSA) is 58.6 Å². The Kier molecular flexibility index (Phi) is 4.90. The van der Waals surface area contributed by atoms with E-state index < -0.39 is 6.61 Å². The Morgan fingerprint density at radius 1 is 1.38 bits per heavy atom. The molecule has 0 atom stereocenters. The molecular formula is C15H17F2NO3. The predicted octanol–water partition coefficient (Wildman–Crippen LogP) is 2.19. The van der Waals surface area contributed by atoms with Crippen LogP contribution in [0.15, 0.2) is 30.3 Å². The van der Waals surface area contributed by atoms with Crippen LogP contribution in [0.2, 0.25) is 0 Å². The molecule has 1 aliphatic rings. The van der Waals surface area contributed by atoms with Crippen molar-refractivity contribution in [1.82, 2.24) is 5.32 Å². The molecule has 0 heterocycles. The predicted molar refractivity (Wildman–Crippen MR) is 73.9 cm³/mol. The molecule has 0 aliphatic heterocycles. The molecule has 1 aliphatic carbocycles. The molecule has 0 bridgehead atoms. The molecule has 0 aromatic heterocycles. The van der Waals surface area contributed by atoms with Crippen molar-refractivity contribution < 1.29 is 23.4 Å². The van der Waals surface area contributed by atoms with Gasteiger partial charge in [-0.1, -0.05) is 12.1 Å². The normalized spacial score (nSPS) is 16.2. The fourth-order valence-electron chi connectivity index (χ4n) is 1.83. The molecule has 6 heteroatoms. The first-order valence-electron chi connectivity index (χ1n) is 6.65. The first-order chi connectivity index (χ1) is 10.0. The summed E-state index contributed by atoms with van der Waals surface area (Å²) >= 11 is 0. The molecule has 1 saturated carbocycles. The first kappa shape index (κ1) is 15.4. The zero-order valence-corrected chi connectivity index (χ0v) is 11.4. The van der Waals surface area contributed by atoms with E-state index in [0.29, 0.717) is 12.1 Å². The van der Waals surface area contributed by atoms with Crippen LogP contribution in [-0.4, -0.2) is 30.8 Å². The van der Waals surface area contributed by atoms with E-state index in [1.165, 1.54) is 18.2 Å². The Labute approximate surface area is 121 Å². The molecule has 4 nitrogen and oxygen atoms in total. The number of benzene rings is 1. The van der Waals surface area contributed by atoms with Gasteiger partial charge in [-0.05, 0) is 36.6 Å². The van der Waals surface area contributed by atoms with Crippen LogP contribution in [0.1, 0.15) is 18.4 Å². The fraction of sp³-hybridized carbons (Fsp3) is 0.400. The van der Waals surface area contributed by atoms with Crippen molar-refractivity contribution in [3.63, 3.8) is 0 Å². The number of carbonyl (C=O) groups is 1. The molecule has 0 unspecified atom stereocenters. The summed E-state index contributed by atoms with van der Waals surface area (Å²) in [4.78, 5) is 11.6. The molecule has 2 rings (SSSR count). The first-order valence-corrected chi connectivity index (χ1v) is 6.65. The third kappa shape index (κ3) is 4.82. The van der Waals surface area contributed by atoms with Crippen molar-refractivity contribution in [3.05, 3.63) is 35.9 Å². The maximum absolute atomic E-state index is 12.0. The number of carbonyl (C=O) groups excluding carboxylic acids is 1. The van der Waals surface area contributed by atoms with Gasteiger partial charge in [-0.25, -0.2) is 0 Å². The summed E-state index contributed by atoms with van der Waals surface area (Å²) in [6.07, 6.45) is 4.81. The van der Waals surface area contributed by atoms with Crippen LogP contribution in [0.4, 0.5) is 8.78 Å². The highest BCUT2D eigenvalue weighted by Crippen LogP contribution is 2.44. The Hall–Kier alpha value is -1.95. The van der Waals surface area contributed by atoms with Gasteiger partial charge in [-0.2, -0.15) is 8.78 Å². The third-order valence-corrected chi connectivity index (χ3v) is 3.46. The Bertz CT molecular complexity index is 510. The molecule has 1 amide bonds. The second kappa shape index (κ2) is 6.67. The van der Waals surface area contributed by atoms with Crippen molar-refractivity contribution in [1.29, 1.82) is 0 Å². The van der Waals surface area contributed by atoms with Crippen LogP contribution in [0.3, 0.4) is 0 Å². The van der Waals surface area contributed by atoms with Gasteiger partial charge in [0.1, 0.15) is 5.75 Å². The number of nitrogens with one attached hydrogen (secondary N) is 1. The molecule has 1 aromatic carbocycles. The number of halogens is 2. The zero-order chi connectivity index (χ0) is 15.3. The average Bonchev–Trinajstić information content (AvgIpc) is 3.24. The standard InChI is InChI=1S/C15H17F2NO3/c16-14(17)21-12-4-1-11(2-5-12)3-6-13(20)18-9-15(10-19)7-8-15/h1-6,14,19H,7-10H2,(H,18,20)/b6-3+. The lowest BCUT2D eigenvalue weighted by molar-refractivity contribution is -0.116. The van der Waals surface area contributed by atoms with E-state index in [1.54, 1.807) is 18.2 Å². The van der Waals surface area contributed by atoms with Gasteiger partial charge in [0, 0.05) is 18.0 Å². The zero-order valence-electron chi connectivity index (χ0n) is 11.4. The summed E-state index contributed by atoms with van der Waals surface area (Å²) < 4.78 is 28.2. The van der Waals surface area contributed by atoms with Gasteiger partial charge in [0.15, 0.2) is 0 Å². The minimum Gasteiger partial charge on any atom is -0.435 e. The number of alkyl halides is 2. The van der Waals surface area contributed by atoms with E-state index in [1.807, 2.05) is 0 Å². The number of ether oxygens (including phenoxy) is 1. The second-order valence-electron chi connectivity index (χ2n) is 5.16. The van der Waals surface area contributed by atoms with Crippen molar-refractivity contribution in [2.75, 3.05) is 13.2 Å². The second-order valence-corrected chi connectivity index (χ2v) is 5.16. The van der Waals surface area contributed by atoms with Crippen LogP contribution in [-0.2, 0) is 4.79 Å². The van der Waals surface area contributed by atoms with E-state index in [9.17, 15) is 13.6 Å². The highest BCUT2D eigenvalue weighted by atomic mass is 19.3. The number of amides is 1.